The number of aromatic nitrogens is 3. The van der Waals surface area contributed by atoms with Crippen LogP contribution in [0.5, 0.6) is 0 Å². The van der Waals surface area contributed by atoms with Gasteiger partial charge < -0.3 is 15.0 Å². The first kappa shape index (κ1) is 15.3. The molecule has 3 aromatic rings. The number of rotatable bonds is 2. The molecule has 1 aromatic carbocycles. The second-order valence-corrected chi connectivity index (χ2v) is 6.65. The quantitative estimate of drug-likeness (QED) is 0.736. The van der Waals surface area contributed by atoms with Gasteiger partial charge in [0.2, 0.25) is 0 Å². The Morgan fingerprint density at radius 1 is 1.30 bits per heavy atom. The molecular formula is C17H20N4O2. The molecule has 0 aliphatic carbocycles. The predicted octanol–water partition coefficient (Wildman–Crippen LogP) is 2.82. The van der Waals surface area contributed by atoms with Crippen molar-refractivity contribution in [2.75, 3.05) is 5.73 Å². The molecule has 3 rings (SSSR count). The summed E-state index contributed by atoms with van der Waals surface area (Å²) in [6.45, 7) is 7.63. The van der Waals surface area contributed by atoms with Gasteiger partial charge >= 0.3 is 5.97 Å². The van der Waals surface area contributed by atoms with Crippen LogP contribution in [0, 0.1) is 6.92 Å². The van der Waals surface area contributed by atoms with E-state index in [9.17, 15) is 4.79 Å². The van der Waals surface area contributed by atoms with E-state index in [1.807, 2.05) is 50.5 Å². The number of aryl methyl sites for hydroxylation is 1. The highest BCUT2D eigenvalue weighted by atomic mass is 16.6. The maximum absolute atomic E-state index is 12.3. The van der Waals surface area contributed by atoms with E-state index in [4.69, 9.17) is 10.5 Å². The van der Waals surface area contributed by atoms with Crippen molar-refractivity contribution in [2.45, 2.75) is 39.8 Å². The lowest BCUT2D eigenvalue weighted by molar-refractivity contribution is -0.155. The molecule has 6 heteroatoms. The van der Waals surface area contributed by atoms with E-state index < -0.39 is 5.60 Å². The molecule has 0 aliphatic rings. The van der Waals surface area contributed by atoms with Crippen molar-refractivity contribution in [1.82, 2.24) is 14.5 Å². The summed E-state index contributed by atoms with van der Waals surface area (Å²) in [4.78, 5) is 20.7. The number of nitrogen functional groups attached to an aromatic ring is 1. The van der Waals surface area contributed by atoms with Crippen molar-refractivity contribution in [2.24, 2.45) is 0 Å². The Morgan fingerprint density at radius 3 is 2.74 bits per heavy atom. The van der Waals surface area contributed by atoms with Gasteiger partial charge in [-0.05, 0) is 39.3 Å². The van der Waals surface area contributed by atoms with E-state index >= 15 is 0 Å². The average Bonchev–Trinajstić information content (AvgIpc) is 2.72. The van der Waals surface area contributed by atoms with Gasteiger partial charge in [0.25, 0.3) is 0 Å². The molecule has 0 spiro atoms. The van der Waals surface area contributed by atoms with Crippen LogP contribution in [0.2, 0.25) is 0 Å². The van der Waals surface area contributed by atoms with E-state index in [0.29, 0.717) is 11.5 Å². The SMILES string of the molecule is Cc1ccc2c3c(N)ncnc3n(CC(=O)OC(C)(C)C)c2c1. The van der Waals surface area contributed by atoms with Crippen molar-refractivity contribution in [1.29, 1.82) is 0 Å². The minimum absolute atomic E-state index is 0.0805. The molecule has 0 atom stereocenters. The third kappa shape index (κ3) is 2.84. The van der Waals surface area contributed by atoms with E-state index in [2.05, 4.69) is 9.97 Å². The van der Waals surface area contributed by atoms with Crippen LogP contribution in [0.3, 0.4) is 0 Å². The van der Waals surface area contributed by atoms with Crippen molar-refractivity contribution >= 4 is 33.7 Å². The zero-order valence-corrected chi connectivity index (χ0v) is 13.8. The van der Waals surface area contributed by atoms with Crippen LogP contribution in [-0.2, 0) is 16.1 Å². The van der Waals surface area contributed by atoms with Crippen LogP contribution in [0.15, 0.2) is 24.5 Å². The van der Waals surface area contributed by atoms with Gasteiger partial charge in [0.05, 0.1) is 10.9 Å². The summed E-state index contributed by atoms with van der Waals surface area (Å²) in [5.41, 5.74) is 8.14. The molecule has 0 aliphatic heterocycles. The topological polar surface area (TPSA) is 83.0 Å². The summed E-state index contributed by atoms with van der Waals surface area (Å²) in [6, 6.07) is 6.01. The van der Waals surface area contributed by atoms with Crippen molar-refractivity contribution < 1.29 is 9.53 Å². The fraction of sp³-hybridized carbons (Fsp3) is 0.353. The van der Waals surface area contributed by atoms with Crippen LogP contribution in [0.4, 0.5) is 5.82 Å². The summed E-state index contributed by atoms with van der Waals surface area (Å²) < 4.78 is 7.27. The molecule has 0 radical (unpaired) electrons. The Balaban J connectivity index is 2.19. The minimum atomic E-state index is -0.528. The van der Waals surface area contributed by atoms with Gasteiger partial charge in [-0.3, -0.25) is 4.79 Å². The first-order valence-corrected chi connectivity index (χ1v) is 7.47. The Morgan fingerprint density at radius 2 is 2.04 bits per heavy atom. The second-order valence-electron chi connectivity index (χ2n) is 6.65. The van der Waals surface area contributed by atoms with E-state index in [-0.39, 0.29) is 12.5 Å². The number of carbonyl (C=O) groups excluding carboxylic acids is 1. The summed E-state index contributed by atoms with van der Waals surface area (Å²) in [5, 5.41) is 1.71. The fourth-order valence-electron chi connectivity index (χ4n) is 2.71. The number of ether oxygens (including phenoxy) is 1. The minimum Gasteiger partial charge on any atom is -0.459 e. The largest absolute Gasteiger partial charge is 0.459 e. The molecule has 0 saturated heterocycles. The molecule has 0 unspecified atom stereocenters. The van der Waals surface area contributed by atoms with E-state index in [1.165, 1.54) is 6.33 Å². The highest BCUT2D eigenvalue weighted by Gasteiger charge is 2.20. The lowest BCUT2D eigenvalue weighted by atomic mass is 10.1. The molecule has 2 N–H and O–H groups in total. The van der Waals surface area contributed by atoms with Crippen LogP contribution in [0.1, 0.15) is 26.3 Å². The van der Waals surface area contributed by atoms with Gasteiger partial charge in [-0.15, -0.1) is 0 Å². The normalized spacial score (nSPS) is 12.0. The lowest BCUT2D eigenvalue weighted by Crippen LogP contribution is -2.26. The number of fused-ring (bicyclic) bond motifs is 3. The summed E-state index contributed by atoms with van der Waals surface area (Å²) >= 11 is 0. The van der Waals surface area contributed by atoms with Crippen molar-refractivity contribution in [3.05, 3.63) is 30.1 Å². The molecule has 6 nitrogen and oxygen atoms in total. The number of nitrogens with zero attached hydrogens (tertiary/aromatic N) is 3. The molecule has 0 saturated carbocycles. The summed E-state index contributed by atoms with van der Waals surface area (Å²) in [5.74, 6) is 0.0989. The highest BCUT2D eigenvalue weighted by Crippen LogP contribution is 2.31. The molecule has 2 heterocycles. The number of nitrogens with two attached hydrogens (primary N) is 1. The maximum atomic E-state index is 12.3. The number of esters is 1. The Hall–Kier alpha value is -2.63. The molecule has 0 fully saturated rings. The van der Waals surface area contributed by atoms with Gasteiger partial charge in [-0.1, -0.05) is 12.1 Å². The molecule has 23 heavy (non-hydrogen) atoms. The summed E-state index contributed by atoms with van der Waals surface area (Å²) in [6.07, 6.45) is 1.41. The lowest BCUT2D eigenvalue weighted by Gasteiger charge is -2.20. The van der Waals surface area contributed by atoms with Crippen LogP contribution in [0.25, 0.3) is 21.9 Å². The monoisotopic (exact) mass is 312 g/mol. The molecular weight excluding hydrogens is 292 g/mol. The number of carbonyl (C=O) groups is 1. The van der Waals surface area contributed by atoms with E-state index in [1.54, 1.807) is 0 Å². The average molecular weight is 312 g/mol. The van der Waals surface area contributed by atoms with Crippen LogP contribution >= 0.6 is 0 Å². The zero-order valence-electron chi connectivity index (χ0n) is 13.8. The smallest absolute Gasteiger partial charge is 0.326 e. The number of benzene rings is 1. The Kier molecular flexibility index (Phi) is 3.47. The van der Waals surface area contributed by atoms with Gasteiger partial charge in [0.1, 0.15) is 29.9 Å². The van der Waals surface area contributed by atoms with Crippen molar-refractivity contribution in [3.63, 3.8) is 0 Å². The standard InChI is InChI=1S/C17H20N4O2/c1-10-5-6-11-12(7-10)21(8-13(22)23-17(2,3)4)16-14(11)15(18)19-9-20-16/h5-7,9H,8H2,1-4H3,(H2,18,19,20). The third-order valence-corrected chi connectivity index (χ3v) is 3.53. The van der Waals surface area contributed by atoms with Crippen molar-refractivity contribution in [3.8, 4) is 0 Å². The number of hydrogen-bond acceptors (Lipinski definition) is 5. The Bertz CT molecular complexity index is 906. The molecule has 0 bridgehead atoms. The first-order chi connectivity index (χ1) is 10.8. The van der Waals surface area contributed by atoms with Crippen LogP contribution in [-0.4, -0.2) is 26.1 Å². The molecule has 2 aromatic heterocycles. The fourth-order valence-corrected chi connectivity index (χ4v) is 2.71. The zero-order chi connectivity index (χ0) is 16.8. The van der Waals surface area contributed by atoms with Gasteiger partial charge in [0, 0.05) is 5.39 Å². The number of anilines is 1. The molecule has 0 amide bonds. The van der Waals surface area contributed by atoms with Crippen LogP contribution < -0.4 is 5.73 Å². The van der Waals surface area contributed by atoms with Gasteiger partial charge in [-0.2, -0.15) is 0 Å². The number of hydrogen-bond donors (Lipinski definition) is 1. The van der Waals surface area contributed by atoms with E-state index in [0.717, 1.165) is 21.9 Å². The second kappa shape index (κ2) is 5.22. The predicted molar refractivity (Wildman–Crippen MR) is 90.0 cm³/mol. The van der Waals surface area contributed by atoms with Gasteiger partial charge in [-0.25, -0.2) is 9.97 Å². The first-order valence-electron chi connectivity index (χ1n) is 7.47. The van der Waals surface area contributed by atoms with Gasteiger partial charge in [0.15, 0.2) is 0 Å². The summed E-state index contributed by atoms with van der Waals surface area (Å²) in [7, 11) is 0. The highest BCUT2D eigenvalue weighted by molar-refractivity contribution is 6.11. The Labute approximate surface area is 134 Å². The maximum Gasteiger partial charge on any atom is 0.326 e. The molecule has 120 valence electrons. The third-order valence-electron chi connectivity index (χ3n) is 3.53.